The monoisotopic (exact) mass is 303 g/mol. The first kappa shape index (κ1) is 13.0. The average Bonchev–Trinajstić information content (AvgIpc) is 2.49. The Morgan fingerprint density at radius 2 is 2.20 bits per heavy atom. The Morgan fingerprint density at radius 1 is 1.47 bits per heavy atom. The number of rotatable bonds is 5. The highest BCUT2D eigenvalue weighted by Gasteiger charge is 2.28. The second kappa shape index (κ2) is 5.83. The summed E-state index contributed by atoms with van der Waals surface area (Å²) < 4.78 is 39.3. The highest BCUT2D eigenvalue weighted by Crippen LogP contribution is 2.22. The van der Waals surface area contributed by atoms with Crippen molar-refractivity contribution in [3.05, 3.63) is 20.8 Å². The minimum atomic E-state index is -4.54. The standard InChI is InChI=1S/C8H9BrF3NOS/c9-6-1-4-15-7(6)5-13-2-3-14-8(10,11)12/h1,4,13H,2-3,5H2. The minimum absolute atomic E-state index is 0.170. The minimum Gasteiger partial charge on any atom is -0.310 e. The molecule has 1 aromatic heterocycles. The van der Waals surface area contributed by atoms with Crippen molar-refractivity contribution in [1.82, 2.24) is 5.32 Å². The van der Waals surface area contributed by atoms with E-state index in [0.29, 0.717) is 6.54 Å². The topological polar surface area (TPSA) is 21.3 Å². The Morgan fingerprint density at radius 3 is 2.73 bits per heavy atom. The molecule has 1 rings (SSSR count). The fourth-order valence-electron chi connectivity index (χ4n) is 0.892. The van der Waals surface area contributed by atoms with Crippen molar-refractivity contribution in [1.29, 1.82) is 0 Å². The molecule has 15 heavy (non-hydrogen) atoms. The van der Waals surface area contributed by atoms with Crippen molar-refractivity contribution in [2.45, 2.75) is 12.9 Å². The molecule has 1 aromatic rings. The van der Waals surface area contributed by atoms with Gasteiger partial charge in [-0.1, -0.05) is 0 Å². The zero-order valence-electron chi connectivity index (χ0n) is 7.60. The average molecular weight is 304 g/mol. The molecule has 0 saturated heterocycles. The lowest BCUT2D eigenvalue weighted by molar-refractivity contribution is -0.323. The number of ether oxygens (including phenoxy) is 1. The molecule has 0 spiro atoms. The molecule has 0 amide bonds. The van der Waals surface area contributed by atoms with E-state index < -0.39 is 6.36 Å². The second-order valence-electron chi connectivity index (χ2n) is 2.66. The molecule has 0 bridgehead atoms. The quantitative estimate of drug-likeness (QED) is 0.844. The lowest BCUT2D eigenvalue weighted by atomic mass is 10.4. The molecular weight excluding hydrogens is 295 g/mol. The van der Waals surface area contributed by atoms with E-state index in [0.717, 1.165) is 9.35 Å². The molecular formula is C8H9BrF3NOS. The van der Waals surface area contributed by atoms with E-state index in [1.165, 1.54) is 0 Å². The van der Waals surface area contributed by atoms with Gasteiger partial charge in [0.05, 0.1) is 6.61 Å². The van der Waals surface area contributed by atoms with E-state index in [1.807, 2.05) is 11.4 Å². The Hall–Kier alpha value is -0.110. The van der Waals surface area contributed by atoms with Gasteiger partial charge in [-0.3, -0.25) is 4.74 Å². The van der Waals surface area contributed by atoms with Crippen LogP contribution in [0.25, 0.3) is 0 Å². The largest absolute Gasteiger partial charge is 0.522 e. The fourth-order valence-corrected chi connectivity index (χ4v) is 2.35. The number of hydrogen-bond donors (Lipinski definition) is 1. The van der Waals surface area contributed by atoms with Crippen LogP contribution in [0.2, 0.25) is 0 Å². The number of thiophene rings is 1. The van der Waals surface area contributed by atoms with Gasteiger partial charge in [0.2, 0.25) is 0 Å². The lowest BCUT2D eigenvalue weighted by Crippen LogP contribution is -2.23. The van der Waals surface area contributed by atoms with Gasteiger partial charge in [-0.2, -0.15) is 0 Å². The molecule has 0 unspecified atom stereocenters. The summed E-state index contributed by atoms with van der Waals surface area (Å²) in [6.45, 7) is 0.343. The third-order valence-electron chi connectivity index (χ3n) is 1.52. The summed E-state index contributed by atoms with van der Waals surface area (Å²) in [5.41, 5.74) is 0. The summed E-state index contributed by atoms with van der Waals surface area (Å²) in [5, 5.41) is 4.77. The van der Waals surface area contributed by atoms with E-state index in [-0.39, 0.29) is 13.2 Å². The van der Waals surface area contributed by atoms with Crippen LogP contribution in [0.4, 0.5) is 13.2 Å². The zero-order chi connectivity index (χ0) is 11.3. The molecule has 0 aliphatic heterocycles. The molecule has 1 N–H and O–H groups in total. The van der Waals surface area contributed by atoms with Crippen LogP contribution < -0.4 is 5.32 Å². The van der Waals surface area contributed by atoms with Gasteiger partial charge >= 0.3 is 6.36 Å². The van der Waals surface area contributed by atoms with Gasteiger partial charge in [0, 0.05) is 22.4 Å². The van der Waals surface area contributed by atoms with Gasteiger partial charge in [-0.05, 0) is 27.4 Å². The first-order valence-electron chi connectivity index (χ1n) is 4.12. The van der Waals surface area contributed by atoms with Crippen molar-refractivity contribution in [2.75, 3.05) is 13.2 Å². The molecule has 2 nitrogen and oxygen atoms in total. The molecule has 0 fully saturated rings. The van der Waals surface area contributed by atoms with Crippen LogP contribution in [0.15, 0.2) is 15.9 Å². The van der Waals surface area contributed by atoms with Gasteiger partial charge in [0.15, 0.2) is 0 Å². The molecule has 0 radical (unpaired) electrons. The maximum absolute atomic E-state index is 11.6. The Labute approximate surface area is 97.6 Å². The van der Waals surface area contributed by atoms with Crippen LogP contribution >= 0.6 is 27.3 Å². The Bertz CT molecular complexity index is 302. The Kier molecular flexibility index (Phi) is 5.04. The fraction of sp³-hybridized carbons (Fsp3) is 0.500. The SMILES string of the molecule is FC(F)(F)OCCNCc1sccc1Br. The summed E-state index contributed by atoms with van der Waals surface area (Å²) >= 11 is 4.87. The van der Waals surface area contributed by atoms with Crippen LogP contribution in [0, 0.1) is 0 Å². The van der Waals surface area contributed by atoms with Gasteiger partial charge < -0.3 is 5.32 Å². The van der Waals surface area contributed by atoms with Crippen LogP contribution in [0.3, 0.4) is 0 Å². The highest BCUT2D eigenvalue weighted by molar-refractivity contribution is 9.10. The van der Waals surface area contributed by atoms with Gasteiger partial charge in [-0.25, -0.2) is 0 Å². The van der Waals surface area contributed by atoms with Crippen LogP contribution in [0.5, 0.6) is 0 Å². The van der Waals surface area contributed by atoms with E-state index in [9.17, 15) is 13.2 Å². The van der Waals surface area contributed by atoms with E-state index in [1.54, 1.807) is 11.3 Å². The first-order chi connectivity index (χ1) is 6.99. The van der Waals surface area contributed by atoms with Crippen LogP contribution in [0.1, 0.15) is 4.88 Å². The number of hydrogen-bond acceptors (Lipinski definition) is 3. The number of halogens is 4. The first-order valence-corrected chi connectivity index (χ1v) is 5.79. The summed E-state index contributed by atoms with van der Waals surface area (Å²) in [7, 11) is 0. The maximum atomic E-state index is 11.6. The van der Waals surface area contributed by atoms with E-state index >= 15 is 0 Å². The smallest absolute Gasteiger partial charge is 0.310 e. The Balaban J connectivity index is 2.10. The van der Waals surface area contributed by atoms with Crippen molar-refractivity contribution in [3.8, 4) is 0 Å². The summed E-state index contributed by atoms with van der Waals surface area (Å²) in [4.78, 5) is 1.06. The van der Waals surface area contributed by atoms with Gasteiger partial charge in [0.25, 0.3) is 0 Å². The predicted octanol–water partition coefficient (Wildman–Crippen LogP) is 3.14. The molecule has 0 aliphatic rings. The van der Waals surface area contributed by atoms with Crippen molar-refractivity contribution in [3.63, 3.8) is 0 Å². The summed E-state index contributed by atoms with van der Waals surface area (Å²) in [5.74, 6) is 0. The number of nitrogens with one attached hydrogen (secondary N) is 1. The van der Waals surface area contributed by atoms with E-state index in [4.69, 9.17) is 0 Å². The molecule has 0 saturated carbocycles. The van der Waals surface area contributed by atoms with Gasteiger partial charge in [-0.15, -0.1) is 24.5 Å². The molecule has 0 aliphatic carbocycles. The van der Waals surface area contributed by atoms with Crippen molar-refractivity contribution in [2.24, 2.45) is 0 Å². The molecule has 7 heteroatoms. The molecule has 86 valence electrons. The maximum Gasteiger partial charge on any atom is 0.522 e. The summed E-state index contributed by atoms with van der Waals surface area (Å²) in [6, 6.07) is 1.90. The highest BCUT2D eigenvalue weighted by atomic mass is 79.9. The molecule has 0 aromatic carbocycles. The normalized spacial score (nSPS) is 12.0. The lowest BCUT2D eigenvalue weighted by Gasteiger charge is -2.07. The van der Waals surface area contributed by atoms with Crippen molar-refractivity contribution >= 4 is 27.3 Å². The third-order valence-corrected chi connectivity index (χ3v) is 3.45. The van der Waals surface area contributed by atoms with Crippen LogP contribution in [-0.4, -0.2) is 19.5 Å². The third kappa shape index (κ3) is 5.50. The van der Waals surface area contributed by atoms with Gasteiger partial charge in [0.1, 0.15) is 0 Å². The van der Waals surface area contributed by atoms with Crippen molar-refractivity contribution < 1.29 is 17.9 Å². The van der Waals surface area contributed by atoms with Crippen LogP contribution in [-0.2, 0) is 11.3 Å². The molecule has 0 atom stereocenters. The predicted molar refractivity (Wildman–Crippen MR) is 55.7 cm³/mol. The summed E-state index contributed by atoms with van der Waals surface area (Å²) in [6.07, 6.45) is -4.54. The molecule has 1 heterocycles. The van der Waals surface area contributed by atoms with E-state index in [2.05, 4.69) is 26.0 Å². The zero-order valence-corrected chi connectivity index (χ0v) is 10.0. The number of alkyl halides is 3. The second-order valence-corrected chi connectivity index (χ2v) is 4.52.